The molecule has 0 aliphatic rings. The number of rotatable bonds is 6. The predicted molar refractivity (Wildman–Crippen MR) is 58.0 cm³/mol. The molecule has 4 N–H and O–H groups in total. The molecule has 0 saturated heterocycles. The molecular weight excluding hydrogens is 226 g/mol. The van der Waals surface area contributed by atoms with Crippen molar-refractivity contribution in [1.82, 2.24) is 25.8 Å². The Balaban J connectivity index is 2.11. The third kappa shape index (κ3) is 4.96. The van der Waals surface area contributed by atoms with E-state index >= 15 is 0 Å². The Labute approximate surface area is 97.8 Å². The number of urea groups is 1. The van der Waals surface area contributed by atoms with Crippen molar-refractivity contribution < 1.29 is 14.7 Å². The summed E-state index contributed by atoms with van der Waals surface area (Å²) in [7, 11) is 0. The summed E-state index contributed by atoms with van der Waals surface area (Å²) in [6.07, 6.45) is 1.74. The maximum Gasteiger partial charge on any atom is 0.315 e. The molecule has 1 aromatic heterocycles. The van der Waals surface area contributed by atoms with Gasteiger partial charge in [0.1, 0.15) is 12.2 Å². The SMILES string of the molecule is CC(CCNC(=O)NCc1ncn[nH]1)C(=O)O. The molecule has 1 aromatic rings. The van der Waals surface area contributed by atoms with Gasteiger partial charge < -0.3 is 15.7 Å². The van der Waals surface area contributed by atoms with Crippen molar-refractivity contribution in [1.29, 1.82) is 0 Å². The van der Waals surface area contributed by atoms with Crippen molar-refractivity contribution in [2.45, 2.75) is 19.9 Å². The molecule has 1 atom stereocenters. The smallest absolute Gasteiger partial charge is 0.315 e. The molecule has 0 radical (unpaired) electrons. The average molecular weight is 241 g/mol. The zero-order chi connectivity index (χ0) is 12.7. The fourth-order valence-electron chi connectivity index (χ4n) is 1.07. The van der Waals surface area contributed by atoms with E-state index in [9.17, 15) is 9.59 Å². The van der Waals surface area contributed by atoms with Gasteiger partial charge in [0.05, 0.1) is 12.5 Å². The number of carboxylic acid groups (broad SMARTS) is 1. The van der Waals surface area contributed by atoms with E-state index in [0.717, 1.165) is 0 Å². The Kier molecular flexibility index (Phi) is 4.92. The second-order valence-electron chi connectivity index (χ2n) is 3.57. The van der Waals surface area contributed by atoms with E-state index in [1.165, 1.54) is 6.33 Å². The zero-order valence-corrected chi connectivity index (χ0v) is 9.43. The van der Waals surface area contributed by atoms with Crippen LogP contribution in [-0.2, 0) is 11.3 Å². The minimum Gasteiger partial charge on any atom is -0.481 e. The van der Waals surface area contributed by atoms with Gasteiger partial charge in [0.15, 0.2) is 0 Å². The van der Waals surface area contributed by atoms with E-state index < -0.39 is 11.9 Å². The largest absolute Gasteiger partial charge is 0.481 e. The lowest BCUT2D eigenvalue weighted by Gasteiger charge is -2.08. The summed E-state index contributed by atoms with van der Waals surface area (Å²) in [6.45, 7) is 2.16. The second kappa shape index (κ2) is 6.46. The lowest BCUT2D eigenvalue weighted by atomic mass is 10.1. The van der Waals surface area contributed by atoms with Crippen LogP contribution in [0.25, 0.3) is 0 Å². The van der Waals surface area contributed by atoms with Gasteiger partial charge in [-0.25, -0.2) is 9.78 Å². The van der Waals surface area contributed by atoms with E-state index in [2.05, 4.69) is 25.8 Å². The molecule has 2 amide bonds. The van der Waals surface area contributed by atoms with Crippen LogP contribution in [0, 0.1) is 5.92 Å². The summed E-state index contributed by atoms with van der Waals surface area (Å²) in [5.74, 6) is -0.780. The number of nitrogens with zero attached hydrogens (tertiary/aromatic N) is 2. The zero-order valence-electron chi connectivity index (χ0n) is 9.43. The molecule has 0 aliphatic carbocycles. The minimum absolute atomic E-state index is 0.250. The van der Waals surface area contributed by atoms with Crippen LogP contribution in [0.15, 0.2) is 6.33 Å². The molecule has 94 valence electrons. The molecule has 0 bridgehead atoms. The Morgan fingerprint density at radius 3 is 2.88 bits per heavy atom. The molecule has 8 heteroatoms. The Bertz CT molecular complexity index is 365. The predicted octanol–water partition coefficient (Wildman–Crippen LogP) is -0.285. The quantitative estimate of drug-likeness (QED) is 0.545. The van der Waals surface area contributed by atoms with E-state index in [1.807, 2.05) is 0 Å². The first-order valence-electron chi connectivity index (χ1n) is 5.18. The Morgan fingerprint density at radius 1 is 1.53 bits per heavy atom. The summed E-state index contributed by atoms with van der Waals surface area (Å²) in [5.41, 5.74) is 0. The molecule has 1 heterocycles. The van der Waals surface area contributed by atoms with Crippen LogP contribution in [0.3, 0.4) is 0 Å². The molecule has 0 aromatic carbocycles. The Morgan fingerprint density at radius 2 is 2.29 bits per heavy atom. The number of carbonyl (C=O) groups excluding carboxylic acids is 1. The molecule has 1 unspecified atom stereocenters. The highest BCUT2D eigenvalue weighted by atomic mass is 16.4. The van der Waals surface area contributed by atoms with Crippen molar-refractivity contribution >= 4 is 12.0 Å². The molecule has 0 fully saturated rings. The first kappa shape index (κ1) is 12.9. The number of aromatic amines is 1. The van der Waals surface area contributed by atoms with Gasteiger partial charge in [-0.2, -0.15) is 5.10 Å². The van der Waals surface area contributed by atoms with Crippen molar-refractivity contribution in [2.75, 3.05) is 6.54 Å². The Hall–Kier alpha value is -2.12. The van der Waals surface area contributed by atoms with Crippen molar-refractivity contribution in [3.63, 3.8) is 0 Å². The van der Waals surface area contributed by atoms with Gasteiger partial charge in [-0.3, -0.25) is 9.89 Å². The van der Waals surface area contributed by atoms with Crippen LogP contribution >= 0.6 is 0 Å². The van der Waals surface area contributed by atoms with Crippen LogP contribution in [0.1, 0.15) is 19.2 Å². The van der Waals surface area contributed by atoms with Crippen molar-refractivity contribution in [2.24, 2.45) is 5.92 Å². The van der Waals surface area contributed by atoms with Crippen LogP contribution in [0.4, 0.5) is 4.79 Å². The van der Waals surface area contributed by atoms with Gasteiger partial charge in [-0.05, 0) is 6.42 Å². The van der Waals surface area contributed by atoms with E-state index in [4.69, 9.17) is 5.11 Å². The van der Waals surface area contributed by atoms with Crippen LogP contribution in [-0.4, -0.2) is 38.8 Å². The highest BCUT2D eigenvalue weighted by Gasteiger charge is 2.10. The molecule has 17 heavy (non-hydrogen) atoms. The number of hydrogen-bond donors (Lipinski definition) is 4. The highest BCUT2D eigenvalue weighted by Crippen LogP contribution is 1.99. The fourth-order valence-corrected chi connectivity index (χ4v) is 1.07. The van der Waals surface area contributed by atoms with Crippen molar-refractivity contribution in [3.05, 3.63) is 12.2 Å². The third-order valence-corrected chi connectivity index (χ3v) is 2.17. The molecule has 8 nitrogen and oxygen atoms in total. The number of carboxylic acids is 1. The van der Waals surface area contributed by atoms with Gasteiger partial charge >= 0.3 is 12.0 Å². The summed E-state index contributed by atoms with van der Waals surface area (Å²) >= 11 is 0. The highest BCUT2D eigenvalue weighted by molar-refractivity contribution is 5.74. The van der Waals surface area contributed by atoms with Crippen molar-refractivity contribution in [3.8, 4) is 0 Å². The van der Waals surface area contributed by atoms with E-state index in [1.54, 1.807) is 6.92 Å². The standard InChI is InChI=1S/C9H15N5O3/c1-6(8(15)16)2-3-10-9(17)11-4-7-12-5-13-14-7/h5-6H,2-4H2,1H3,(H,15,16)(H2,10,11,17)(H,12,13,14). The summed E-state index contributed by atoms with van der Waals surface area (Å²) in [4.78, 5) is 25.6. The summed E-state index contributed by atoms with van der Waals surface area (Å²) in [6, 6.07) is -0.362. The summed E-state index contributed by atoms with van der Waals surface area (Å²) < 4.78 is 0. The average Bonchev–Trinajstić information content (AvgIpc) is 2.78. The van der Waals surface area contributed by atoms with Crippen LogP contribution in [0.5, 0.6) is 0 Å². The monoisotopic (exact) mass is 241 g/mol. The maximum atomic E-state index is 11.3. The number of H-pyrrole nitrogens is 1. The van der Waals surface area contributed by atoms with E-state index in [-0.39, 0.29) is 12.6 Å². The normalized spacial score (nSPS) is 11.8. The van der Waals surface area contributed by atoms with Gasteiger partial charge in [0, 0.05) is 6.54 Å². The minimum atomic E-state index is -0.867. The molecule has 1 rings (SSSR count). The first-order chi connectivity index (χ1) is 8.09. The summed E-state index contributed by atoms with van der Waals surface area (Å²) in [5, 5.41) is 20.0. The second-order valence-corrected chi connectivity index (χ2v) is 3.57. The number of hydrogen-bond acceptors (Lipinski definition) is 4. The number of carbonyl (C=O) groups is 2. The lowest BCUT2D eigenvalue weighted by molar-refractivity contribution is -0.141. The lowest BCUT2D eigenvalue weighted by Crippen LogP contribution is -2.36. The number of amides is 2. The van der Waals surface area contributed by atoms with Gasteiger partial charge in [0.2, 0.25) is 0 Å². The molecule has 0 saturated carbocycles. The molecular formula is C9H15N5O3. The molecule has 0 aliphatic heterocycles. The number of aromatic nitrogens is 3. The van der Waals surface area contributed by atoms with Crippen LogP contribution < -0.4 is 10.6 Å². The van der Waals surface area contributed by atoms with Gasteiger partial charge in [-0.15, -0.1) is 0 Å². The fraction of sp³-hybridized carbons (Fsp3) is 0.556. The third-order valence-electron chi connectivity index (χ3n) is 2.17. The number of nitrogens with one attached hydrogen (secondary N) is 3. The van der Waals surface area contributed by atoms with Gasteiger partial charge in [0.25, 0.3) is 0 Å². The van der Waals surface area contributed by atoms with Crippen LogP contribution in [0.2, 0.25) is 0 Å². The number of aliphatic carboxylic acids is 1. The van der Waals surface area contributed by atoms with E-state index in [0.29, 0.717) is 18.8 Å². The van der Waals surface area contributed by atoms with Gasteiger partial charge in [-0.1, -0.05) is 6.92 Å². The molecule has 0 spiro atoms. The topological polar surface area (TPSA) is 120 Å². The first-order valence-corrected chi connectivity index (χ1v) is 5.18. The maximum absolute atomic E-state index is 11.3.